The first-order valence-corrected chi connectivity index (χ1v) is 10.5. The summed E-state index contributed by atoms with van der Waals surface area (Å²) in [6.45, 7) is 6.23. The Kier molecular flexibility index (Phi) is 7.84. The number of morpholine rings is 1. The molecule has 0 radical (unpaired) electrons. The van der Waals surface area contributed by atoms with Crippen molar-refractivity contribution < 1.29 is 32.2 Å². The van der Waals surface area contributed by atoms with Gasteiger partial charge in [-0.3, -0.25) is 4.79 Å². The Balaban J connectivity index is 1.76. The molecule has 2 aromatic rings. The van der Waals surface area contributed by atoms with E-state index in [0.29, 0.717) is 56.7 Å². The predicted molar refractivity (Wildman–Crippen MR) is 114 cm³/mol. The van der Waals surface area contributed by atoms with Gasteiger partial charge < -0.3 is 24.4 Å². The normalized spacial score (nSPS) is 14.2. The third kappa shape index (κ3) is 5.85. The molecule has 0 unspecified atom stereocenters. The highest BCUT2D eigenvalue weighted by atomic mass is 19.4. The van der Waals surface area contributed by atoms with Gasteiger partial charge in [0.25, 0.3) is 5.91 Å². The number of hydrogen-bond donors (Lipinski definition) is 1. The van der Waals surface area contributed by atoms with Crippen molar-refractivity contribution in [3.63, 3.8) is 0 Å². The molecule has 3 rings (SSSR count). The van der Waals surface area contributed by atoms with Crippen molar-refractivity contribution in [3.8, 4) is 11.5 Å². The fraction of sp³-hybridized carbons (Fsp3) is 0.435. The van der Waals surface area contributed by atoms with Gasteiger partial charge in [0.15, 0.2) is 11.5 Å². The van der Waals surface area contributed by atoms with Gasteiger partial charge in [0.1, 0.15) is 0 Å². The predicted octanol–water partition coefficient (Wildman–Crippen LogP) is 4.27. The molecule has 174 valence electrons. The summed E-state index contributed by atoms with van der Waals surface area (Å²) in [4.78, 5) is 14.5. The second-order valence-corrected chi connectivity index (χ2v) is 7.15. The van der Waals surface area contributed by atoms with Gasteiger partial charge >= 0.3 is 6.18 Å². The zero-order valence-electron chi connectivity index (χ0n) is 18.1. The monoisotopic (exact) mass is 452 g/mol. The molecule has 9 heteroatoms. The van der Waals surface area contributed by atoms with E-state index >= 15 is 0 Å². The molecular formula is C23H27F3N2O4. The maximum Gasteiger partial charge on any atom is 0.416 e. The smallest absolute Gasteiger partial charge is 0.416 e. The third-order valence-electron chi connectivity index (χ3n) is 5.02. The van der Waals surface area contributed by atoms with Crippen LogP contribution in [-0.4, -0.2) is 45.4 Å². The topological polar surface area (TPSA) is 60.0 Å². The molecule has 0 atom stereocenters. The third-order valence-corrected chi connectivity index (χ3v) is 5.02. The van der Waals surface area contributed by atoms with Crippen LogP contribution < -0.4 is 19.7 Å². The van der Waals surface area contributed by atoms with Crippen molar-refractivity contribution in [2.24, 2.45) is 0 Å². The summed E-state index contributed by atoms with van der Waals surface area (Å²) in [6, 6.07) is 8.88. The molecule has 1 aliphatic heterocycles. The van der Waals surface area contributed by atoms with Crippen LogP contribution >= 0.6 is 0 Å². The Morgan fingerprint density at radius 2 is 1.72 bits per heavy atom. The van der Waals surface area contributed by atoms with Gasteiger partial charge in [0, 0.05) is 30.9 Å². The Hall–Kier alpha value is -2.94. The summed E-state index contributed by atoms with van der Waals surface area (Å²) in [5, 5.41) is 2.58. The van der Waals surface area contributed by atoms with Crippen LogP contribution in [0.2, 0.25) is 0 Å². The van der Waals surface area contributed by atoms with E-state index in [1.54, 1.807) is 18.2 Å². The van der Waals surface area contributed by atoms with Crippen LogP contribution in [0.3, 0.4) is 0 Å². The van der Waals surface area contributed by atoms with E-state index in [0.717, 1.165) is 6.07 Å². The minimum Gasteiger partial charge on any atom is -0.490 e. The molecule has 1 aliphatic rings. The maximum absolute atomic E-state index is 13.7. The Labute approximate surface area is 185 Å². The standard InChI is InChI=1S/C23H27F3N2O4/c1-3-31-20-8-6-16(13-21(20)32-4-2)22(29)27-15-17-5-7-18(14-19(17)23(24,25)26)28-9-11-30-12-10-28/h5-8,13-14H,3-4,9-12,15H2,1-2H3,(H,27,29). The first-order chi connectivity index (χ1) is 15.3. The lowest BCUT2D eigenvalue weighted by Crippen LogP contribution is -2.36. The van der Waals surface area contributed by atoms with Gasteiger partial charge in [-0.2, -0.15) is 13.2 Å². The quantitative estimate of drug-likeness (QED) is 0.648. The van der Waals surface area contributed by atoms with Gasteiger partial charge in [-0.25, -0.2) is 0 Å². The fourth-order valence-corrected chi connectivity index (χ4v) is 3.47. The molecule has 1 N–H and O–H groups in total. The van der Waals surface area contributed by atoms with Crippen LogP contribution in [0.4, 0.5) is 18.9 Å². The lowest BCUT2D eigenvalue weighted by Gasteiger charge is -2.29. The molecule has 1 saturated heterocycles. The number of hydrogen-bond acceptors (Lipinski definition) is 5. The Bertz CT molecular complexity index is 928. The van der Waals surface area contributed by atoms with Crippen molar-refractivity contribution in [3.05, 3.63) is 53.1 Å². The van der Waals surface area contributed by atoms with E-state index < -0.39 is 17.6 Å². The minimum absolute atomic E-state index is 0.00109. The van der Waals surface area contributed by atoms with E-state index in [4.69, 9.17) is 14.2 Å². The van der Waals surface area contributed by atoms with Crippen molar-refractivity contribution in [1.82, 2.24) is 5.32 Å². The SMILES string of the molecule is CCOc1ccc(C(=O)NCc2ccc(N3CCOCC3)cc2C(F)(F)F)cc1OCC. The first kappa shape index (κ1) is 23.7. The van der Waals surface area contributed by atoms with E-state index in [9.17, 15) is 18.0 Å². The minimum atomic E-state index is -4.54. The largest absolute Gasteiger partial charge is 0.490 e. The molecule has 1 heterocycles. The van der Waals surface area contributed by atoms with Gasteiger partial charge in [-0.1, -0.05) is 6.07 Å². The Morgan fingerprint density at radius 3 is 2.38 bits per heavy atom. The zero-order valence-corrected chi connectivity index (χ0v) is 18.1. The number of nitrogens with one attached hydrogen (secondary N) is 1. The Morgan fingerprint density at radius 1 is 1.03 bits per heavy atom. The van der Waals surface area contributed by atoms with E-state index in [2.05, 4.69) is 5.32 Å². The number of ether oxygens (including phenoxy) is 3. The van der Waals surface area contributed by atoms with Gasteiger partial charge in [0.2, 0.25) is 0 Å². The van der Waals surface area contributed by atoms with Gasteiger partial charge in [0.05, 0.1) is 32.0 Å². The van der Waals surface area contributed by atoms with E-state index in [1.807, 2.05) is 18.7 Å². The summed E-state index contributed by atoms with van der Waals surface area (Å²) >= 11 is 0. The second-order valence-electron chi connectivity index (χ2n) is 7.15. The molecule has 0 aliphatic carbocycles. The molecule has 1 amide bonds. The molecule has 0 bridgehead atoms. The zero-order chi connectivity index (χ0) is 23.1. The molecule has 1 fully saturated rings. The molecular weight excluding hydrogens is 425 g/mol. The highest BCUT2D eigenvalue weighted by molar-refractivity contribution is 5.94. The van der Waals surface area contributed by atoms with Crippen LogP contribution in [0.1, 0.15) is 35.3 Å². The number of carbonyl (C=O) groups is 1. The van der Waals surface area contributed by atoms with E-state index in [1.165, 1.54) is 12.1 Å². The molecule has 6 nitrogen and oxygen atoms in total. The second kappa shape index (κ2) is 10.6. The summed E-state index contributed by atoms with van der Waals surface area (Å²) in [6.07, 6.45) is -4.54. The number of rotatable bonds is 8. The van der Waals surface area contributed by atoms with Crippen molar-refractivity contribution in [2.45, 2.75) is 26.6 Å². The molecule has 32 heavy (non-hydrogen) atoms. The van der Waals surface area contributed by atoms with Crippen LogP contribution in [0.25, 0.3) is 0 Å². The number of alkyl halides is 3. The van der Waals surface area contributed by atoms with Gasteiger partial charge in [-0.05, 0) is 49.7 Å². The average Bonchev–Trinajstić information content (AvgIpc) is 2.79. The number of anilines is 1. The number of halogens is 3. The molecule has 0 saturated carbocycles. The number of amides is 1. The highest BCUT2D eigenvalue weighted by Crippen LogP contribution is 2.35. The number of carbonyl (C=O) groups excluding carboxylic acids is 1. The van der Waals surface area contributed by atoms with Crippen LogP contribution in [0.15, 0.2) is 36.4 Å². The fourth-order valence-electron chi connectivity index (χ4n) is 3.47. The van der Waals surface area contributed by atoms with Crippen molar-refractivity contribution >= 4 is 11.6 Å². The lowest BCUT2D eigenvalue weighted by atomic mass is 10.0. The average molecular weight is 452 g/mol. The number of benzene rings is 2. The lowest BCUT2D eigenvalue weighted by molar-refractivity contribution is -0.138. The maximum atomic E-state index is 13.7. The highest BCUT2D eigenvalue weighted by Gasteiger charge is 2.34. The van der Waals surface area contributed by atoms with Crippen molar-refractivity contribution in [1.29, 1.82) is 0 Å². The first-order valence-electron chi connectivity index (χ1n) is 10.5. The van der Waals surface area contributed by atoms with Gasteiger partial charge in [-0.15, -0.1) is 0 Å². The molecule has 0 aromatic heterocycles. The molecule has 0 spiro atoms. The number of nitrogens with zero attached hydrogens (tertiary/aromatic N) is 1. The molecule has 2 aromatic carbocycles. The van der Waals surface area contributed by atoms with E-state index in [-0.39, 0.29) is 17.7 Å². The summed E-state index contributed by atoms with van der Waals surface area (Å²) in [5.74, 6) is 0.413. The van der Waals surface area contributed by atoms with Crippen LogP contribution in [0.5, 0.6) is 11.5 Å². The summed E-state index contributed by atoms with van der Waals surface area (Å²) in [7, 11) is 0. The van der Waals surface area contributed by atoms with Crippen LogP contribution in [-0.2, 0) is 17.5 Å². The van der Waals surface area contributed by atoms with Crippen molar-refractivity contribution in [2.75, 3.05) is 44.4 Å². The van der Waals surface area contributed by atoms with Crippen LogP contribution in [0, 0.1) is 0 Å². The summed E-state index contributed by atoms with van der Waals surface area (Å²) < 4.78 is 57.4. The summed E-state index contributed by atoms with van der Waals surface area (Å²) in [5.41, 5.74) is 0.00119.